The van der Waals surface area contributed by atoms with Gasteiger partial charge in [0.05, 0.1) is 6.61 Å². The summed E-state index contributed by atoms with van der Waals surface area (Å²) < 4.78 is 10.5. The summed E-state index contributed by atoms with van der Waals surface area (Å²) in [6.45, 7) is 14.7. The van der Waals surface area contributed by atoms with E-state index in [-0.39, 0.29) is 44.1 Å². The lowest BCUT2D eigenvalue weighted by atomic mass is 10.1. The number of aromatic nitrogens is 2. The van der Waals surface area contributed by atoms with Crippen LogP contribution in [0.5, 0.6) is 0 Å². The van der Waals surface area contributed by atoms with Gasteiger partial charge in [0.25, 0.3) is 5.91 Å². The van der Waals surface area contributed by atoms with Gasteiger partial charge in [0, 0.05) is 44.2 Å². The second kappa shape index (κ2) is 15.0. The zero-order valence-electron chi connectivity index (χ0n) is 26.7. The first-order valence-corrected chi connectivity index (χ1v) is 18.4. The fourth-order valence-electron chi connectivity index (χ4n) is 4.28. The monoisotopic (exact) mass is 621 g/mol. The highest BCUT2D eigenvalue weighted by atomic mass is 28.3. The summed E-state index contributed by atoms with van der Waals surface area (Å²) in [5.41, 5.74) is 3.76. The molecule has 2 aromatic rings. The molecule has 0 spiro atoms. The van der Waals surface area contributed by atoms with Gasteiger partial charge < -0.3 is 24.6 Å². The molecule has 0 unspecified atom stereocenters. The molecule has 1 aliphatic heterocycles. The van der Waals surface area contributed by atoms with Crippen LogP contribution in [0.3, 0.4) is 0 Å². The van der Waals surface area contributed by atoms with Crippen LogP contribution in [0.2, 0.25) is 19.6 Å². The van der Waals surface area contributed by atoms with Crippen LogP contribution >= 0.6 is 0 Å². The van der Waals surface area contributed by atoms with Gasteiger partial charge in [0.2, 0.25) is 5.91 Å². The number of rotatable bonds is 8. The fourth-order valence-corrected chi connectivity index (χ4v) is 4.79. The molecule has 1 saturated heterocycles. The molecule has 11 nitrogen and oxygen atoms in total. The maximum absolute atomic E-state index is 13.7. The molecule has 1 fully saturated rings. The number of esters is 1. The molecule has 3 rings (SSSR count). The van der Waals surface area contributed by atoms with Crippen LogP contribution in [0, 0.1) is 11.5 Å². The van der Waals surface area contributed by atoms with Gasteiger partial charge >= 0.3 is 12.1 Å². The van der Waals surface area contributed by atoms with Crippen molar-refractivity contribution < 1.29 is 28.7 Å². The molecule has 1 N–H and O–H groups in total. The third kappa shape index (κ3) is 10.8. The summed E-state index contributed by atoms with van der Waals surface area (Å²) in [4.78, 5) is 64.3. The number of hydrogen-bond acceptors (Lipinski definition) is 8. The minimum atomic E-state index is -1.75. The molecule has 12 heteroatoms. The molecule has 0 radical (unpaired) electrons. The Hall–Kier alpha value is -4.24. The number of ether oxygens (including phenoxy) is 2. The summed E-state index contributed by atoms with van der Waals surface area (Å²) in [7, 11) is -1.75. The van der Waals surface area contributed by atoms with Crippen molar-refractivity contribution in [2.45, 2.75) is 71.8 Å². The zero-order chi connectivity index (χ0) is 32.5. The number of nitrogens with one attached hydrogen (secondary N) is 1. The van der Waals surface area contributed by atoms with Crippen LogP contribution in [0.4, 0.5) is 4.79 Å². The van der Waals surface area contributed by atoms with E-state index in [0.717, 1.165) is 5.56 Å². The predicted octanol–water partition coefficient (Wildman–Crippen LogP) is 3.89. The van der Waals surface area contributed by atoms with Crippen molar-refractivity contribution in [2.24, 2.45) is 0 Å². The Morgan fingerprint density at radius 1 is 1.00 bits per heavy atom. The Labute approximate surface area is 260 Å². The maximum Gasteiger partial charge on any atom is 0.409 e. The SMILES string of the molecule is CCOC(=O)N1CCN(C(=O)[C@H](CCC(=O)OC(C)(C)C)NC(=O)c2cc(C#C[Si](C)(C)C)nc(-c3ccccc3)n2)CC1. The second-order valence-electron chi connectivity index (χ2n) is 12.5. The van der Waals surface area contributed by atoms with Crippen molar-refractivity contribution in [2.75, 3.05) is 32.8 Å². The number of amides is 3. The summed E-state index contributed by atoms with van der Waals surface area (Å²) in [6, 6.07) is 9.75. The molecule has 0 aliphatic carbocycles. The van der Waals surface area contributed by atoms with E-state index in [0.29, 0.717) is 24.6 Å². The van der Waals surface area contributed by atoms with E-state index in [1.54, 1.807) is 32.6 Å². The highest BCUT2D eigenvalue weighted by Gasteiger charge is 2.32. The van der Waals surface area contributed by atoms with Gasteiger partial charge in [0.1, 0.15) is 31.1 Å². The Bertz CT molecular complexity index is 1400. The minimum absolute atomic E-state index is 0.0243. The van der Waals surface area contributed by atoms with E-state index in [9.17, 15) is 19.2 Å². The lowest BCUT2D eigenvalue weighted by molar-refractivity contribution is -0.155. The molecule has 1 aromatic carbocycles. The van der Waals surface area contributed by atoms with Crippen molar-refractivity contribution >= 4 is 32.0 Å². The first-order valence-electron chi connectivity index (χ1n) is 14.9. The van der Waals surface area contributed by atoms with E-state index in [4.69, 9.17) is 9.47 Å². The third-order valence-corrected chi connectivity index (χ3v) is 7.21. The summed E-state index contributed by atoms with van der Waals surface area (Å²) >= 11 is 0. The van der Waals surface area contributed by atoms with Crippen LogP contribution in [0.15, 0.2) is 36.4 Å². The van der Waals surface area contributed by atoms with Crippen LogP contribution in [-0.2, 0) is 19.1 Å². The van der Waals surface area contributed by atoms with Crippen molar-refractivity contribution in [3.63, 3.8) is 0 Å². The Kier molecular flexibility index (Phi) is 11.7. The van der Waals surface area contributed by atoms with Gasteiger partial charge in [-0.25, -0.2) is 14.8 Å². The van der Waals surface area contributed by atoms with Gasteiger partial charge in [-0.05, 0) is 34.1 Å². The number of hydrogen-bond donors (Lipinski definition) is 1. The molecular formula is C32H43N5O6Si. The Balaban J connectivity index is 1.88. The largest absolute Gasteiger partial charge is 0.460 e. The number of piperazine rings is 1. The normalized spacial score (nSPS) is 14.2. The minimum Gasteiger partial charge on any atom is -0.460 e. The maximum atomic E-state index is 13.7. The number of carbonyl (C=O) groups excluding carboxylic acids is 4. The Morgan fingerprint density at radius 3 is 2.23 bits per heavy atom. The van der Waals surface area contributed by atoms with Gasteiger partial charge in [-0.2, -0.15) is 0 Å². The van der Waals surface area contributed by atoms with Gasteiger partial charge in [-0.1, -0.05) is 55.9 Å². The van der Waals surface area contributed by atoms with Crippen LogP contribution in [0.1, 0.15) is 56.7 Å². The van der Waals surface area contributed by atoms with Gasteiger partial charge in [-0.3, -0.25) is 14.4 Å². The van der Waals surface area contributed by atoms with Crippen molar-refractivity contribution in [3.8, 4) is 22.9 Å². The highest BCUT2D eigenvalue weighted by molar-refractivity contribution is 6.83. The molecule has 3 amide bonds. The van der Waals surface area contributed by atoms with Gasteiger partial charge in [0.15, 0.2) is 5.82 Å². The van der Waals surface area contributed by atoms with E-state index < -0.39 is 37.7 Å². The van der Waals surface area contributed by atoms with Gasteiger partial charge in [-0.15, -0.1) is 5.54 Å². The van der Waals surface area contributed by atoms with E-state index in [2.05, 4.69) is 46.4 Å². The van der Waals surface area contributed by atoms with E-state index in [1.807, 2.05) is 30.3 Å². The lowest BCUT2D eigenvalue weighted by Gasteiger charge is -2.36. The number of nitrogens with zero attached hydrogens (tertiary/aromatic N) is 4. The summed E-state index contributed by atoms with van der Waals surface area (Å²) in [5, 5.41) is 2.81. The highest BCUT2D eigenvalue weighted by Crippen LogP contribution is 2.17. The first-order chi connectivity index (χ1) is 20.6. The molecule has 236 valence electrons. The van der Waals surface area contributed by atoms with Crippen LogP contribution in [0.25, 0.3) is 11.4 Å². The molecular weight excluding hydrogens is 578 g/mol. The molecule has 1 aromatic heterocycles. The summed E-state index contributed by atoms with van der Waals surface area (Å²) in [6.07, 6.45) is -0.487. The third-order valence-electron chi connectivity index (χ3n) is 6.33. The number of carbonyl (C=O) groups is 4. The average Bonchev–Trinajstić information content (AvgIpc) is 2.97. The first kappa shape index (κ1) is 34.2. The van der Waals surface area contributed by atoms with Crippen LogP contribution < -0.4 is 5.32 Å². The van der Waals surface area contributed by atoms with Crippen molar-refractivity contribution in [3.05, 3.63) is 47.8 Å². The average molecular weight is 622 g/mol. The zero-order valence-corrected chi connectivity index (χ0v) is 27.7. The molecule has 0 bridgehead atoms. The predicted molar refractivity (Wildman–Crippen MR) is 169 cm³/mol. The second-order valence-corrected chi connectivity index (χ2v) is 17.2. The van der Waals surface area contributed by atoms with Crippen molar-refractivity contribution in [1.29, 1.82) is 0 Å². The molecule has 1 aliphatic rings. The van der Waals surface area contributed by atoms with E-state index in [1.165, 1.54) is 11.0 Å². The molecule has 0 saturated carbocycles. The topological polar surface area (TPSA) is 131 Å². The quantitative estimate of drug-likeness (QED) is 0.267. The van der Waals surface area contributed by atoms with E-state index >= 15 is 0 Å². The molecule has 2 heterocycles. The standard InChI is InChI=1S/C32H43N5O6Si/c1-8-42-31(41)37-19-17-36(18-20-37)30(40)25(14-15-27(38)43-32(2,3)4)35-29(39)26-22-24(16-21-44(5,6)7)33-28(34-26)23-12-10-9-11-13-23/h9-13,22,25H,8,14-15,17-20H2,1-7H3,(H,35,39)/t25-/m0/s1. The fraction of sp³-hybridized carbons (Fsp3) is 0.500. The smallest absolute Gasteiger partial charge is 0.409 e. The van der Waals surface area contributed by atoms with Crippen LogP contribution in [-0.4, -0.2) is 96.1 Å². The number of benzene rings is 1. The Morgan fingerprint density at radius 2 is 1.64 bits per heavy atom. The molecule has 44 heavy (non-hydrogen) atoms. The summed E-state index contributed by atoms with van der Waals surface area (Å²) in [5.74, 6) is 2.01. The molecule has 1 atom stereocenters. The van der Waals surface area contributed by atoms with Crippen molar-refractivity contribution in [1.82, 2.24) is 25.1 Å². The lowest BCUT2D eigenvalue weighted by Crippen LogP contribution is -2.56.